The number of hydrogen-bond acceptors (Lipinski definition) is 4. The molecule has 2 aromatic carbocycles. The van der Waals surface area contributed by atoms with Crippen molar-refractivity contribution < 1.29 is 14.5 Å². The molecule has 92 valence electrons. The van der Waals surface area contributed by atoms with Crippen molar-refractivity contribution in [3.63, 3.8) is 0 Å². The number of ether oxygens (including phenoxy) is 1. The van der Waals surface area contributed by atoms with E-state index in [0.717, 1.165) is 0 Å². The van der Waals surface area contributed by atoms with E-state index in [0.29, 0.717) is 10.4 Å². The molecule has 0 unspecified atom stereocenters. The number of non-ortho nitro benzene ring substituents is 1. The van der Waals surface area contributed by atoms with Gasteiger partial charge in [0.15, 0.2) is 0 Å². The van der Waals surface area contributed by atoms with Gasteiger partial charge < -0.3 is 4.74 Å². The number of nitrogens with zero attached hydrogens (tertiary/aromatic N) is 1. The minimum absolute atomic E-state index is 0.129. The van der Waals surface area contributed by atoms with Crippen molar-refractivity contribution in [3.05, 3.63) is 51.0 Å². The maximum atomic E-state index is 11.6. The van der Waals surface area contributed by atoms with Crippen LogP contribution in [0.1, 0.15) is 10.4 Å². The predicted molar refractivity (Wildman–Crippen MR) is 67.0 cm³/mol. The molecule has 0 aromatic heterocycles. The molecular formula is C12H8ClNO4. The van der Waals surface area contributed by atoms with Crippen molar-refractivity contribution >= 4 is 34.0 Å². The molecule has 0 aliphatic heterocycles. The fourth-order valence-electron chi connectivity index (χ4n) is 1.78. The summed E-state index contributed by atoms with van der Waals surface area (Å²) < 4.78 is 4.61. The van der Waals surface area contributed by atoms with E-state index in [1.54, 1.807) is 12.1 Å². The fraction of sp³-hybridized carbons (Fsp3) is 0.0833. The molecule has 0 atom stereocenters. The van der Waals surface area contributed by atoms with Crippen LogP contribution in [-0.2, 0) is 4.74 Å². The molecule has 0 N–H and O–H groups in total. The third-order valence-electron chi connectivity index (χ3n) is 2.57. The van der Waals surface area contributed by atoms with Crippen LogP contribution in [-0.4, -0.2) is 18.0 Å². The molecule has 0 amide bonds. The first-order valence-corrected chi connectivity index (χ1v) is 5.38. The lowest BCUT2D eigenvalue weighted by molar-refractivity contribution is -0.383. The standard InChI is InChI=1S/C12H8ClNO4/c1-18-12(15)8-4-2-3-7-9(13)5-6-10(11(7)8)14(16)17/h2-6H,1H3. The zero-order valence-corrected chi connectivity index (χ0v) is 10.1. The third kappa shape index (κ3) is 1.89. The Morgan fingerprint density at radius 2 is 2.06 bits per heavy atom. The summed E-state index contributed by atoms with van der Waals surface area (Å²) in [7, 11) is 1.22. The predicted octanol–water partition coefficient (Wildman–Crippen LogP) is 3.19. The van der Waals surface area contributed by atoms with E-state index in [4.69, 9.17) is 11.6 Å². The van der Waals surface area contributed by atoms with Crippen LogP contribution in [0.4, 0.5) is 5.69 Å². The lowest BCUT2D eigenvalue weighted by Crippen LogP contribution is -2.03. The van der Waals surface area contributed by atoms with E-state index in [-0.39, 0.29) is 16.6 Å². The summed E-state index contributed by atoms with van der Waals surface area (Å²) in [5.74, 6) is -0.633. The molecule has 0 aliphatic carbocycles. The number of nitro groups is 1. The quantitative estimate of drug-likeness (QED) is 0.475. The largest absolute Gasteiger partial charge is 0.465 e. The lowest BCUT2D eigenvalue weighted by Gasteiger charge is -2.06. The Labute approximate surface area is 107 Å². The molecule has 0 bridgehead atoms. The van der Waals surface area contributed by atoms with Gasteiger partial charge in [-0.2, -0.15) is 0 Å². The zero-order valence-electron chi connectivity index (χ0n) is 9.34. The number of fused-ring (bicyclic) bond motifs is 1. The van der Waals surface area contributed by atoms with E-state index in [9.17, 15) is 14.9 Å². The number of nitro benzene ring substituents is 1. The van der Waals surface area contributed by atoms with Crippen molar-refractivity contribution in [1.29, 1.82) is 0 Å². The van der Waals surface area contributed by atoms with Crippen LogP contribution >= 0.6 is 11.6 Å². The van der Waals surface area contributed by atoms with Crippen molar-refractivity contribution in [3.8, 4) is 0 Å². The average molecular weight is 266 g/mol. The van der Waals surface area contributed by atoms with Gasteiger partial charge in [-0.3, -0.25) is 10.1 Å². The highest BCUT2D eigenvalue weighted by Gasteiger charge is 2.20. The van der Waals surface area contributed by atoms with Crippen LogP contribution in [0.2, 0.25) is 5.02 Å². The summed E-state index contributed by atoms with van der Waals surface area (Å²) in [5.41, 5.74) is -0.0420. The molecule has 2 rings (SSSR count). The van der Waals surface area contributed by atoms with E-state index in [1.165, 1.54) is 25.3 Å². The molecule has 2 aromatic rings. The fourth-order valence-corrected chi connectivity index (χ4v) is 2.01. The van der Waals surface area contributed by atoms with Crippen molar-refractivity contribution in [2.24, 2.45) is 0 Å². The second-order valence-corrected chi connectivity index (χ2v) is 3.95. The Kier molecular flexibility index (Phi) is 3.16. The number of halogens is 1. The molecule has 5 nitrogen and oxygen atoms in total. The summed E-state index contributed by atoms with van der Waals surface area (Å²) >= 11 is 5.98. The smallest absolute Gasteiger partial charge is 0.338 e. The van der Waals surface area contributed by atoms with Gasteiger partial charge in [0, 0.05) is 16.5 Å². The Morgan fingerprint density at radius 1 is 1.33 bits per heavy atom. The Bertz CT molecular complexity index is 654. The van der Waals surface area contributed by atoms with Crippen molar-refractivity contribution in [1.82, 2.24) is 0 Å². The molecule has 0 saturated carbocycles. The van der Waals surface area contributed by atoms with Crippen LogP contribution in [0.3, 0.4) is 0 Å². The van der Waals surface area contributed by atoms with Gasteiger partial charge in [0.2, 0.25) is 0 Å². The minimum Gasteiger partial charge on any atom is -0.465 e. The first-order chi connectivity index (χ1) is 8.56. The highest BCUT2D eigenvalue weighted by Crippen LogP contribution is 2.33. The highest BCUT2D eigenvalue weighted by molar-refractivity contribution is 6.36. The second kappa shape index (κ2) is 4.62. The van der Waals surface area contributed by atoms with Gasteiger partial charge in [-0.25, -0.2) is 4.79 Å². The zero-order chi connectivity index (χ0) is 13.3. The molecule has 0 aliphatic rings. The molecule has 18 heavy (non-hydrogen) atoms. The van der Waals surface area contributed by atoms with E-state index in [1.807, 2.05) is 0 Å². The summed E-state index contributed by atoms with van der Waals surface area (Å²) in [4.78, 5) is 22.1. The van der Waals surface area contributed by atoms with Gasteiger partial charge in [-0.05, 0) is 12.1 Å². The van der Waals surface area contributed by atoms with Crippen LogP contribution in [0.15, 0.2) is 30.3 Å². The molecule has 0 radical (unpaired) electrons. The molecular weight excluding hydrogens is 258 g/mol. The molecule has 0 spiro atoms. The highest BCUT2D eigenvalue weighted by atomic mass is 35.5. The number of esters is 1. The number of carbonyl (C=O) groups excluding carboxylic acids is 1. The number of hydrogen-bond donors (Lipinski definition) is 0. The molecule has 0 fully saturated rings. The molecule has 0 heterocycles. The Hall–Kier alpha value is -2.14. The van der Waals surface area contributed by atoms with E-state index in [2.05, 4.69) is 4.74 Å². The van der Waals surface area contributed by atoms with Gasteiger partial charge >= 0.3 is 5.97 Å². The maximum Gasteiger partial charge on any atom is 0.338 e. The average Bonchev–Trinajstić information content (AvgIpc) is 2.37. The lowest BCUT2D eigenvalue weighted by atomic mass is 10.0. The van der Waals surface area contributed by atoms with Crippen molar-refractivity contribution in [2.45, 2.75) is 0 Å². The van der Waals surface area contributed by atoms with Crippen molar-refractivity contribution in [2.75, 3.05) is 7.11 Å². The van der Waals surface area contributed by atoms with E-state index < -0.39 is 10.9 Å². The normalized spacial score (nSPS) is 10.3. The first kappa shape index (κ1) is 12.3. The van der Waals surface area contributed by atoms with E-state index >= 15 is 0 Å². The van der Waals surface area contributed by atoms with Crippen LogP contribution in [0.25, 0.3) is 10.8 Å². The van der Waals surface area contributed by atoms with Gasteiger partial charge in [-0.15, -0.1) is 0 Å². The second-order valence-electron chi connectivity index (χ2n) is 3.54. The molecule has 0 saturated heterocycles. The SMILES string of the molecule is COC(=O)c1cccc2c(Cl)ccc([N+](=O)[O-])c12. The number of benzene rings is 2. The Balaban J connectivity index is 2.92. The Morgan fingerprint density at radius 3 is 2.67 bits per heavy atom. The monoisotopic (exact) mass is 265 g/mol. The van der Waals surface area contributed by atoms with Gasteiger partial charge in [-0.1, -0.05) is 23.7 Å². The van der Waals surface area contributed by atoms with Crippen LogP contribution in [0, 0.1) is 10.1 Å². The summed E-state index contributed by atoms with van der Waals surface area (Å²) in [6.45, 7) is 0. The topological polar surface area (TPSA) is 69.4 Å². The van der Waals surface area contributed by atoms with Gasteiger partial charge in [0.1, 0.15) is 0 Å². The number of carbonyl (C=O) groups is 1. The number of rotatable bonds is 2. The third-order valence-corrected chi connectivity index (χ3v) is 2.90. The van der Waals surface area contributed by atoms with Crippen LogP contribution in [0.5, 0.6) is 0 Å². The number of methoxy groups -OCH3 is 1. The van der Waals surface area contributed by atoms with Crippen LogP contribution < -0.4 is 0 Å². The maximum absolute atomic E-state index is 11.6. The van der Waals surface area contributed by atoms with Gasteiger partial charge in [0.25, 0.3) is 5.69 Å². The minimum atomic E-state index is -0.633. The van der Waals surface area contributed by atoms with Gasteiger partial charge in [0.05, 0.1) is 23.0 Å². The summed E-state index contributed by atoms with van der Waals surface area (Å²) in [6.07, 6.45) is 0. The first-order valence-electron chi connectivity index (χ1n) is 5.00. The summed E-state index contributed by atoms with van der Waals surface area (Å²) in [5, 5.41) is 12.0. The molecule has 6 heteroatoms. The summed E-state index contributed by atoms with van der Waals surface area (Å²) in [6, 6.07) is 7.40.